The summed E-state index contributed by atoms with van der Waals surface area (Å²) in [5.41, 5.74) is -0.114. The van der Waals surface area contributed by atoms with Gasteiger partial charge in [0, 0.05) is 23.5 Å². The Bertz CT molecular complexity index is 533. The van der Waals surface area contributed by atoms with E-state index in [0.717, 1.165) is 25.9 Å². The zero-order valence-corrected chi connectivity index (χ0v) is 14.5. The highest BCUT2D eigenvalue weighted by Crippen LogP contribution is 2.31. The predicted octanol–water partition coefficient (Wildman–Crippen LogP) is 1.81. The largest absolute Gasteiger partial charge is 0.384 e. The molecule has 1 aliphatic heterocycles. The molecule has 2 heterocycles. The third-order valence-electron chi connectivity index (χ3n) is 3.58. The first-order chi connectivity index (χ1) is 9.49. The number of nitrogens with one attached hydrogen (secondary N) is 2. The van der Waals surface area contributed by atoms with Crippen LogP contribution in [-0.4, -0.2) is 41.8 Å². The van der Waals surface area contributed by atoms with Gasteiger partial charge in [0.25, 0.3) is 10.0 Å². The summed E-state index contributed by atoms with van der Waals surface area (Å²) < 4.78 is 33.6. The fourth-order valence-corrected chi connectivity index (χ4v) is 5.96. The van der Waals surface area contributed by atoms with Crippen LogP contribution in [0, 0.1) is 5.41 Å². The SMILES string of the molecule is COCC1(CNS(=O)(=O)c2sccc2Br)CCNCC1. The molecule has 1 aliphatic rings. The predicted molar refractivity (Wildman–Crippen MR) is 83.6 cm³/mol. The number of methoxy groups -OCH3 is 1. The average molecular weight is 383 g/mol. The fourth-order valence-electron chi connectivity index (χ4n) is 2.42. The van der Waals surface area contributed by atoms with Gasteiger partial charge in [0.1, 0.15) is 4.21 Å². The normalized spacial score (nSPS) is 19.1. The molecule has 0 aromatic carbocycles. The van der Waals surface area contributed by atoms with Gasteiger partial charge >= 0.3 is 0 Å². The first-order valence-corrected chi connectivity index (χ1v) is 9.57. The summed E-state index contributed by atoms with van der Waals surface area (Å²) in [7, 11) is -1.80. The van der Waals surface area contributed by atoms with E-state index in [2.05, 4.69) is 26.0 Å². The molecule has 20 heavy (non-hydrogen) atoms. The maximum Gasteiger partial charge on any atom is 0.251 e. The first-order valence-electron chi connectivity index (χ1n) is 6.41. The third kappa shape index (κ3) is 3.80. The van der Waals surface area contributed by atoms with E-state index in [0.29, 0.717) is 21.8 Å². The van der Waals surface area contributed by atoms with Gasteiger partial charge in [-0.1, -0.05) is 0 Å². The molecule has 1 aromatic rings. The number of rotatable bonds is 6. The Morgan fingerprint density at radius 3 is 2.75 bits per heavy atom. The Morgan fingerprint density at radius 2 is 2.20 bits per heavy atom. The van der Waals surface area contributed by atoms with Gasteiger partial charge in [-0.15, -0.1) is 11.3 Å². The van der Waals surface area contributed by atoms with Crippen molar-refractivity contribution >= 4 is 37.3 Å². The highest BCUT2D eigenvalue weighted by molar-refractivity contribution is 9.10. The van der Waals surface area contributed by atoms with Crippen molar-refractivity contribution in [2.24, 2.45) is 5.41 Å². The van der Waals surface area contributed by atoms with Crippen molar-refractivity contribution in [2.45, 2.75) is 17.1 Å². The van der Waals surface area contributed by atoms with E-state index < -0.39 is 10.0 Å². The van der Waals surface area contributed by atoms with Crippen LogP contribution >= 0.6 is 27.3 Å². The molecule has 0 aliphatic carbocycles. The van der Waals surface area contributed by atoms with Crippen molar-refractivity contribution in [1.29, 1.82) is 0 Å². The second-order valence-electron chi connectivity index (χ2n) is 5.06. The molecule has 0 spiro atoms. The van der Waals surface area contributed by atoms with E-state index in [1.807, 2.05) is 0 Å². The lowest BCUT2D eigenvalue weighted by Crippen LogP contribution is -2.47. The molecule has 5 nitrogen and oxygen atoms in total. The van der Waals surface area contributed by atoms with Gasteiger partial charge in [-0.25, -0.2) is 13.1 Å². The molecule has 1 aromatic heterocycles. The lowest BCUT2D eigenvalue weighted by atomic mass is 9.80. The Morgan fingerprint density at radius 1 is 1.50 bits per heavy atom. The van der Waals surface area contributed by atoms with Crippen LogP contribution < -0.4 is 10.0 Å². The van der Waals surface area contributed by atoms with Gasteiger partial charge in [-0.3, -0.25) is 0 Å². The number of ether oxygens (including phenoxy) is 1. The van der Waals surface area contributed by atoms with Gasteiger partial charge in [0.15, 0.2) is 0 Å². The molecule has 0 radical (unpaired) electrons. The second-order valence-corrected chi connectivity index (χ2v) is 8.80. The van der Waals surface area contributed by atoms with Gasteiger partial charge in [-0.05, 0) is 53.3 Å². The number of thiophene rings is 1. The fraction of sp³-hybridized carbons (Fsp3) is 0.667. The molecule has 0 bridgehead atoms. The van der Waals surface area contributed by atoms with E-state index in [4.69, 9.17) is 4.74 Å². The molecule has 0 saturated carbocycles. The number of halogens is 1. The van der Waals surface area contributed by atoms with Crippen LogP contribution in [0.2, 0.25) is 0 Å². The number of sulfonamides is 1. The van der Waals surface area contributed by atoms with E-state index in [1.54, 1.807) is 18.6 Å². The smallest absolute Gasteiger partial charge is 0.251 e. The van der Waals surface area contributed by atoms with Crippen LogP contribution in [-0.2, 0) is 14.8 Å². The summed E-state index contributed by atoms with van der Waals surface area (Å²) in [6.07, 6.45) is 1.82. The highest BCUT2D eigenvalue weighted by Gasteiger charge is 2.34. The maximum atomic E-state index is 12.3. The molecule has 114 valence electrons. The van der Waals surface area contributed by atoms with Crippen molar-refractivity contribution in [3.8, 4) is 0 Å². The molecule has 8 heteroatoms. The zero-order chi connectivity index (χ0) is 14.6. The van der Waals surface area contributed by atoms with Crippen LogP contribution in [0.3, 0.4) is 0 Å². The van der Waals surface area contributed by atoms with Crippen LogP contribution in [0.5, 0.6) is 0 Å². The Labute approximate surface area is 132 Å². The van der Waals surface area contributed by atoms with Gasteiger partial charge in [-0.2, -0.15) is 0 Å². The van der Waals surface area contributed by atoms with Crippen LogP contribution in [0.15, 0.2) is 20.1 Å². The minimum absolute atomic E-state index is 0.114. The maximum absolute atomic E-state index is 12.3. The molecule has 2 N–H and O–H groups in total. The van der Waals surface area contributed by atoms with Crippen molar-refractivity contribution < 1.29 is 13.2 Å². The summed E-state index contributed by atoms with van der Waals surface area (Å²) in [6.45, 7) is 2.78. The summed E-state index contributed by atoms with van der Waals surface area (Å²) in [5.74, 6) is 0. The van der Waals surface area contributed by atoms with E-state index in [1.165, 1.54) is 11.3 Å². The van der Waals surface area contributed by atoms with Crippen molar-refractivity contribution in [2.75, 3.05) is 33.4 Å². The summed E-state index contributed by atoms with van der Waals surface area (Å²) in [6, 6.07) is 1.74. The quantitative estimate of drug-likeness (QED) is 0.786. The summed E-state index contributed by atoms with van der Waals surface area (Å²) in [4.78, 5) is 0. The molecule has 0 amide bonds. The van der Waals surface area contributed by atoms with Crippen LogP contribution in [0.25, 0.3) is 0 Å². The van der Waals surface area contributed by atoms with Crippen LogP contribution in [0.4, 0.5) is 0 Å². The molecular formula is C12H19BrN2O3S2. The third-order valence-corrected chi connectivity index (χ3v) is 7.65. The molecule has 1 saturated heterocycles. The zero-order valence-electron chi connectivity index (χ0n) is 11.3. The lowest BCUT2D eigenvalue weighted by molar-refractivity contribution is 0.0577. The standard InChI is InChI=1S/C12H19BrN2O3S2/c1-18-9-12(3-5-14-6-4-12)8-15-20(16,17)11-10(13)2-7-19-11/h2,7,14-15H,3-6,8-9H2,1H3. The Balaban J connectivity index is 2.07. The first kappa shape index (κ1) is 16.4. The van der Waals surface area contributed by atoms with Crippen LogP contribution in [0.1, 0.15) is 12.8 Å². The molecule has 0 unspecified atom stereocenters. The second kappa shape index (κ2) is 6.85. The average Bonchev–Trinajstić information content (AvgIpc) is 2.85. The van der Waals surface area contributed by atoms with E-state index in [-0.39, 0.29) is 5.41 Å². The minimum atomic E-state index is -3.46. The molecule has 2 rings (SSSR count). The van der Waals surface area contributed by atoms with Gasteiger partial charge in [0.05, 0.1) is 6.61 Å². The van der Waals surface area contributed by atoms with E-state index in [9.17, 15) is 8.42 Å². The van der Waals surface area contributed by atoms with Gasteiger partial charge < -0.3 is 10.1 Å². The highest BCUT2D eigenvalue weighted by atomic mass is 79.9. The summed E-state index contributed by atoms with van der Waals surface area (Å²) in [5, 5.41) is 5.05. The minimum Gasteiger partial charge on any atom is -0.384 e. The Hall–Kier alpha value is 0.01000. The molecular weight excluding hydrogens is 364 g/mol. The van der Waals surface area contributed by atoms with Gasteiger partial charge in [0.2, 0.25) is 0 Å². The Kier molecular flexibility index (Phi) is 5.61. The summed E-state index contributed by atoms with van der Waals surface area (Å²) >= 11 is 4.48. The number of hydrogen-bond donors (Lipinski definition) is 2. The topological polar surface area (TPSA) is 67.4 Å². The van der Waals surface area contributed by atoms with Crippen molar-refractivity contribution in [3.05, 3.63) is 15.9 Å². The monoisotopic (exact) mass is 382 g/mol. The molecule has 0 atom stereocenters. The van der Waals surface area contributed by atoms with Crippen molar-refractivity contribution in [1.82, 2.24) is 10.0 Å². The number of hydrogen-bond acceptors (Lipinski definition) is 5. The number of piperidine rings is 1. The van der Waals surface area contributed by atoms with E-state index >= 15 is 0 Å². The lowest BCUT2D eigenvalue weighted by Gasteiger charge is -2.37. The van der Waals surface area contributed by atoms with Crippen molar-refractivity contribution in [3.63, 3.8) is 0 Å². The molecule has 1 fully saturated rings.